The predicted octanol–water partition coefficient (Wildman–Crippen LogP) is 2.80. The SMILES string of the molecule is C.C.PP.[N-]=P.[V].[V]. The van der Waals surface area contributed by atoms with Crippen LogP contribution in [0.2, 0.25) is 0 Å². The number of rotatable bonds is 0. The zero-order valence-electron chi connectivity index (χ0n) is 3.00. The fraction of sp³-hybridized carbons (Fsp3) is 1.00. The van der Waals surface area contributed by atoms with Crippen LogP contribution in [0.1, 0.15) is 14.9 Å². The molecule has 6 heteroatoms. The Bertz CT molecular complexity index is 15.2. The van der Waals surface area contributed by atoms with Crippen molar-refractivity contribution < 1.29 is 37.1 Å². The van der Waals surface area contributed by atoms with Crippen molar-refractivity contribution in [2.45, 2.75) is 14.9 Å². The topological polar surface area (TPSA) is 22.3 Å². The number of nitrogens with zero attached hydrogens (tertiary/aromatic N) is 1. The van der Waals surface area contributed by atoms with Gasteiger partial charge in [0.2, 0.25) is 0 Å². The largest absolute Gasteiger partial charge is 0.786 e. The predicted molar refractivity (Wildman–Crippen MR) is 44.6 cm³/mol. The third kappa shape index (κ3) is 91.2. The Morgan fingerprint density at radius 1 is 0.875 bits per heavy atom. The van der Waals surface area contributed by atoms with Crippen molar-refractivity contribution in [1.29, 1.82) is 0 Å². The molecule has 0 N–H and O–H groups in total. The monoisotopic (exact) mass is 246 g/mol. The first-order valence-corrected chi connectivity index (χ1v) is 3.67. The molecular weight excluding hydrogens is 233 g/mol. The molecule has 1 nitrogen and oxygen atoms in total. The second-order valence-corrected chi connectivity index (χ2v) is 0. The van der Waals surface area contributed by atoms with Crippen molar-refractivity contribution in [2.75, 3.05) is 0 Å². The van der Waals surface area contributed by atoms with E-state index < -0.39 is 0 Å². The molecule has 0 saturated carbocycles. The smallest absolute Gasteiger partial charge is 0 e. The van der Waals surface area contributed by atoms with E-state index in [0.29, 0.717) is 0 Å². The molecule has 0 aromatic rings. The fourth-order valence-electron chi connectivity index (χ4n) is 0. The van der Waals surface area contributed by atoms with E-state index in [1.165, 1.54) is 0 Å². The average Bonchev–Trinajstić information content (AvgIpc) is 1.50. The van der Waals surface area contributed by atoms with Crippen molar-refractivity contribution in [3.05, 3.63) is 5.16 Å². The second-order valence-electron chi connectivity index (χ2n) is 0. The third-order valence-electron chi connectivity index (χ3n) is 0. The molecule has 0 aliphatic heterocycles. The first-order valence-electron chi connectivity index (χ1n) is 0.557. The van der Waals surface area contributed by atoms with Gasteiger partial charge in [0, 0.05) is 37.1 Å². The summed E-state index contributed by atoms with van der Waals surface area (Å²) in [5, 5.41) is 6.81. The van der Waals surface area contributed by atoms with Crippen molar-refractivity contribution in [1.82, 2.24) is 0 Å². The van der Waals surface area contributed by atoms with E-state index >= 15 is 0 Å². The van der Waals surface area contributed by atoms with E-state index in [1.807, 2.05) is 9.03 Å². The van der Waals surface area contributed by atoms with E-state index in [1.54, 1.807) is 0 Å². The Hall–Kier alpha value is 2.13. The summed E-state index contributed by atoms with van der Waals surface area (Å²) < 4.78 is 0. The first-order chi connectivity index (χ1) is 2.00. The minimum absolute atomic E-state index is 0. The summed E-state index contributed by atoms with van der Waals surface area (Å²) in [5.41, 5.74) is 0. The van der Waals surface area contributed by atoms with E-state index in [-0.39, 0.29) is 52.0 Å². The van der Waals surface area contributed by atoms with Crippen LogP contribution in [0.4, 0.5) is 0 Å². The second kappa shape index (κ2) is 133. The molecule has 0 fully saturated rings. The summed E-state index contributed by atoms with van der Waals surface area (Å²) in [7, 11) is 6.64. The normalized spacial score (nSPS) is 1.25. The summed E-state index contributed by atoms with van der Waals surface area (Å²) in [4.78, 5) is 0. The fourth-order valence-corrected chi connectivity index (χ4v) is 0. The van der Waals surface area contributed by atoms with Gasteiger partial charge in [-0.05, 0) is 0 Å². The molecule has 0 aliphatic carbocycles. The number of hydrogen-bond acceptors (Lipinski definition) is 0. The van der Waals surface area contributed by atoms with Crippen LogP contribution in [0, 0.1) is 0 Å². The quantitative estimate of drug-likeness (QED) is 0.586. The number of hydrogen-bond donors (Lipinski definition) is 0. The van der Waals surface area contributed by atoms with Gasteiger partial charge in [0.05, 0.1) is 0 Å². The van der Waals surface area contributed by atoms with E-state index in [0.717, 1.165) is 0 Å². The van der Waals surface area contributed by atoms with E-state index in [4.69, 9.17) is 5.16 Å². The summed E-state index contributed by atoms with van der Waals surface area (Å²) in [5.74, 6) is 0. The Morgan fingerprint density at radius 2 is 0.875 bits per heavy atom. The molecule has 8 heavy (non-hydrogen) atoms. The van der Waals surface area contributed by atoms with Crippen molar-refractivity contribution in [3.8, 4) is 0 Å². The van der Waals surface area contributed by atoms with Crippen LogP contribution in [0.15, 0.2) is 0 Å². The van der Waals surface area contributed by atoms with Crippen LogP contribution in [0.5, 0.6) is 0 Å². The van der Waals surface area contributed by atoms with Crippen molar-refractivity contribution in [3.63, 3.8) is 0 Å². The summed E-state index contributed by atoms with van der Waals surface area (Å²) in [6.45, 7) is 0. The van der Waals surface area contributed by atoms with Gasteiger partial charge in [0.1, 0.15) is 0 Å². The zero-order chi connectivity index (χ0) is 4.00. The molecule has 0 aromatic carbocycles. The Labute approximate surface area is 83.7 Å². The summed E-state index contributed by atoms with van der Waals surface area (Å²) in [6.07, 6.45) is 0. The molecule has 2 atom stereocenters. The van der Waals surface area contributed by atoms with Gasteiger partial charge < -0.3 is 5.16 Å². The average molecular weight is 246 g/mol. The standard InChI is InChI=1S/2CH4.HNP.H4P2.2V/c;;2*1-2;;/h2*1H4;2H;1-2H2;;/q;;-1;;;. The molecule has 0 amide bonds. The molecule has 0 aliphatic rings. The van der Waals surface area contributed by atoms with Gasteiger partial charge in [-0.2, -0.15) is 0 Å². The minimum atomic E-state index is 0. The van der Waals surface area contributed by atoms with Crippen molar-refractivity contribution >= 4 is 26.9 Å². The van der Waals surface area contributed by atoms with E-state index in [9.17, 15) is 0 Å². The molecule has 0 heterocycles. The van der Waals surface area contributed by atoms with E-state index in [2.05, 4.69) is 17.9 Å². The molecular formula is C2H13NP3V2-. The summed E-state index contributed by atoms with van der Waals surface area (Å²) >= 11 is 0. The molecule has 52 valence electrons. The van der Waals surface area contributed by atoms with Crippen LogP contribution in [0.3, 0.4) is 0 Å². The third-order valence-corrected chi connectivity index (χ3v) is 0. The molecule has 0 saturated heterocycles. The first kappa shape index (κ1) is 49.5. The van der Waals surface area contributed by atoms with Crippen LogP contribution in [0.25, 0.3) is 5.16 Å². The van der Waals surface area contributed by atoms with Gasteiger partial charge in [-0.1, -0.05) is 14.9 Å². The van der Waals surface area contributed by atoms with Crippen LogP contribution < -0.4 is 0 Å². The molecule has 0 bridgehead atoms. The van der Waals surface area contributed by atoms with Crippen LogP contribution >= 0.6 is 26.9 Å². The summed E-state index contributed by atoms with van der Waals surface area (Å²) in [6, 6.07) is 0. The van der Waals surface area contributed by atoms with Gasteiger partial charge >= 0.3 is 0 Å². The van der Waals surface area contributed by atoms with Gasteiger partial charge in [-0.25, -0.2) is 0 Å². The van der Waals surface area contributed by atoms with Crippen LogP contribution in [-0.2, 0) is 37.1 Å². The molecule has 0 spiro atoms. The maximum absolute atomic E-state index is 6.81. The molecule has 2 unspecified atom stereocenters. The van der Waals surface area contributed by atoms with Gasteiger partial charge in [0.15, 0.2) is 0 Å². The van der Waals surface area contributed by atoms with Gasteiger partial charge in [-0.3, -0.25) is 9.03 Å². The van der Waals surface area contributed by atoms with Crippen LogP contribution in [-0.4, -0.2) is 0 Å². The maximum Gasteiger partial charge on any atom is 0 e. The Morgan fingerprint density at radius 3 is 0.875 bits per heavy atom. The van der Waals surface area contributed by atoms with Crippen molar-refractivity contribution in [2.24, 2.45) is 0 Å². The molecule has 2 radical (unpaired) electrons. The van der Waals surface area contributed by atoms with Gasteiger partial charge in [-0.15, -0.1) is 17.9 Å². The minimum Gasteiger partial charge on any atom is -0.786 e. The Kier molecular flexibility index (Phi) is 824. The molecule has 0 rings (SSSR count). The zero-order valence-corrected chi connectivity index (χ0v) is 9.10. The van der Waals surface area contributed by atoms with Gasteiger partial charge in [0.25, 0.3) is 0 Å². The maximum atomic E-state index is 6.81. The Balaban J connectivity index is -0.00000000167. The molecule has 0 aromatic heterocycles.